The summed E-state index contributed by atoms with van der Waals surface area (Å²) in [6, 6.07) is 6.13. The molecule has 2 rings (SSSR count). The molecule has 1 N–H and O–H groups in total. The van der Waals surface area contributed by atoms with Crippen molar-refractivity contribution in [3.05, 3.63) is 33.8 Å². The summed E-state index contributed by atoms with van der Waals surface area (Å²) in [6.07, 6.45) is 2.36. The molecule has 1 aliphatic rings. The van der Waals surface area contributed by atoms with Crippen molar-refractivity contribution < 1.29 is 0 Å². The molecule has 3 unspecified atom stereocenters. The van der Waals surface area contributed by atoms with Crippen LogP contribution in [0.15, 0.2) is 18.2 Å². The molecule has 1 aromatic rings. The van der Waals surface area contributed by atoms with Gasteiger partial charge in [-0.25, -0.2) is 0 Å². The van der Waals surface area contributed by atoms with Crippen LogP contribution in [-0.4, -0.2) is 31.6 Å². The Balaban J connectivity index is 1.95. The molecule has 0 bridgehead atoms. The molecule has 1 heterocycles. The minimum absolute atomic E-state index is 0.255. The van der Waals surface area contributed by atoms with Crippen LogP contribution >= 0.6 is 23.2 Å². The third kappa shape index (κ3) is 4.35. The monoisotopic (exact) mass is 328 g/mol. The topological polar surface area (TPSA) is 15.3 Å². The Morgan fingerprint density at radius 1 is 1.29 bits per heavy atom. The van der Waals surface area contributed by atoms with Crippen LogP contribution in [0.2, 0.25) is 10.0 Å². The zero-order chi connectivity index (χ0) is 15.4. The minimum atomic E-state index is 0.255. The Morgan fingerprint density at radius 2 is 2.05 bits per heavy atom. The SMILES string of the molecule is CNC(CCN1CCC(C)C(C)C1)c1cccc(Cl)c1Cl. The number of rotatable bonds is 5. The van der Waals surface area contributed by atoms with Gasteiger partial charge in [0.25, 0.3) is 0 Å². The van der Waals surface area contributed by atoms with Gasteiger partial charge in [0.05, 0.1) is 10.0 Å². The van der Waals surface area contributed by atoms with E-state index in [0.29, 0.717) is 10.0 Å². The van der Waals surface area contributed by atoms with Crippen molar-refractivity contribution in [1.82, 2.24) is 10.2 Å². The van der Waals surface area contributed by atoms with Crippen molar-refractivity contribution in [2.24, 2.45) is 11.8 Å². The number of hydrogen-bond donors (Lipinski definition) is 1. The van der Waals surface area contributed by atoms with E-state index in [0.717, 1.165) is 30.4 Å². The van der Waals surface area contributed by atoms with Gasteiger partial charge in [-0.2, -0.15) is 0 Å². The zero-order valence-corrected chi connectivity index (χ0v) is 14.7. The largest absolute Gasteiger partial charge is 0.313 e. The minimum Gasteiger partial charge on any atom is -0.313 e. The number of halogens is 2. The second-order valence-electron chi connectivity index (χ2n) is 6.32. The molecule has 4 heteroatoms. The predicted molar refractivity (Wildman–Crippen MR) is 92.3 cm³/mol. The number of hydrogen-bond acceptors (Lipinski definition) is 2. The highest BCUT2D eigenvalue weighted by Gasteiger charge is 2.23. The zero-order valence-electron chi connectivity index (χ0n) is 13.2. The molecule has 118 valence electrons. The van der Waals surface area contributed by atoms with Crippen LogP contribution in [-0.2, 0) is 0 Å². The molecule has 0 aliphatic carbocycles. The molecule has 1 aliphatic heterocycles. The van der Waals surface area contributed by atoms with Gasteiger partial charge < -0.3 is 10.2 Å². The first-order valence-electron chi connectivity index (χ1n) is 7.86. The van der Waals surface area contributed by atoms with E-state index >= 15 is 0 Å². The average molecular weight is 329 g/mol. The van der Waals surface area contributed by atoms with E-state index in [4.69, 9.17) is 23.2 Å². The first kappa shape index (κ1) is 17.1. The van der Waals surface area contributed by atoms with Crippen LogP contribution < -0.4 is 5.32 Å². The lowest BCUT2D eigenvalue weighted by molar-refractivity contribution is 0.134. The fraction of sp³-hybridized carbons (Fsp3) is 0.647. The third-order valence-corrected chi connectivity index (χ3v) is 5.69. The van der Waals surface area contributed by atoms with Crippen molar-refractivity contribution in [2.75, 3.05) is 26.7 Å². The highest BCUT2D eigenvalue weighted by Crippen LogP contribution is 2.31. The molecule has 1 saturated heterocycles. The van der Waals surface area contributed by atoms with E-state index in [1.54, 1.807) is 0 Å². The molecule has 3 atom stereocenters. The van der Waals surface area contributed by atoms with Crippen molar-refractivity contribution >= 4 is 23.2 Å². The smallest absolute Gasteiger partial charge is 0.0640 e. The quantitative estimate of drug-likeness (QED) is 0.848. The Morgan fingerprint density at radius 3 is 2.71 bits per heavy atom. The molecular weight excluding hydrogens is 303 g/mol. The fourth-order valence-corrected chi connectivity index (χ4v) is 3.55. The Labute approximate surface area is 138 Å². The number of nitrogens with one attached hydrogen (secondary N) is 1. The summed E-state index contributed by atoms with van der Waals surface area (Å²) in [5.41, 5.74) is 1.10. The molecule has 0 amide bonds. The summed E-state index contributed by atoms with van der Waals surface area (Å²) in [5, 5.41) is 4.69. The standard InChI is InChI=1S/C17H26Cl2N2/c1-12-7-9-21(11-13(12)2)10-8-16(20-3)14-5-4-6-15(18)17(14)19/h4-6,12-13,16,20H,7-11H2,1-3H3. The lowest BCUT2D eigenvalue weighted by Crippen LogP contribution is -2.39. The number of piperidine rings is 1. The van der Waals surface area contributed by atoms with Crippen LogP contribution in [0, 0.1) is 11.8 Å². The van der Waals surface area contributed by atoms with E-state index in [1.165, 1.54) is 19.5 Å². The molecule has 0 spiro atoms. The first-order chi connectivity index (χ1) is 10.0. The van der Waals surface area contributed by atoms with Crippen LogP contribution in [0.4, 0.5) is 0 Å². The van der Waals surface area contributed by atoms with Crippen LogP contribution in [0.1, 0.15) is 38.3 Å². The van der Waals surface area contributed by atoms with Gasteiger partial charge in [0, 0.05) is 12.6 Å². The number of nitrogens with zero attached hydrogens (tertiary/aromatic N) is 1. The molecular formula is C17H26Cl2N2. The molecule has 0 radical (unpaired) electrons. The van der Waals surface area contributed by atoms with Gasteiger partial charge in [-0.3, -0.25) is 0 Å². The maximum absolute atomic E-state index is 6.34. The van der Waals surface area contributed by atoms with Gasteiger partial charge >= 0.3 is 0 Å². The third-order valence-electron chi connectivity index (χ3n) is 4.86. The summed E-state index contributed by atoms with van der Waals surface area (Å²) in [5.74, 6) is 1.64. The Hall–Kier alpha value is -0.280. The summed E-state index contributed by atoms with van der Waals surface area (Å²) < 4.78 is 0. The maximum Gasteiger partial charge on any atom is 0.0640 e. The van der Waals surface area contributed by atoms with Crippen LogP contribution in [0.25, 0.3) is 0 Å². The second-order valence-corrected chi connectivity index (χ2v) is 7.10. The highest BCUT2D eigenvalue weighted by molar-refractivity contribution is 6.42. The number of benzene rings is 1. The average Bonchev–Trinajstić information content (AvgIpc) is 2.47. The molecule has 1 fully saturated rings. The van der Waals surface area contributed by atoms with Crippen LogP contribution in [0.3, 0.4) is 0 Å². The van der Waals surface area contributed by atoms with E-state index in [-0.39, 0.29) is 6.04 Å². The predicted octanol–water partition coefficient (Wildman–Crippen LogP) is 4.62. The molecule has 2 nitrogen and oxygen atoms in total. The second kappa shape index (κ2) is 7.82. The van der Waals surface area contributed by atoms with E-state index in [2.05, 4.69) is 30.1 Å². The maximum atomic E-state index is 6.34. The van der Waals surface area contributed by atoms with Crippen molar-refractivity contribution in [3.8, 4) is 0 Å². The first-order valence-corrected chi connectivity index (χ1v) is 8.62. The molecule has 1 aromatic carbocycles. The van der Waals surface area contributed by atoms with Gasteiger partial charge in [-0.15, -0.1) is 0 Å². The summed E-state index contributed by atoms with van der Waals surface area (Å²) in [6.45, 7) is 8.25. The van der Waals surface area contributed by atoms with E-state index in [9.17, 15) is 0 Å². The van der Waals surface area contributed by atoms with Crippen LogP contribution in [0.5, 0.6) is 0 Å². The van der Waals surface area contributed by atoms with E-state index in [1.807, 2.05) is 19.2 Å². The van der Waals surface area contributed by atoms with Gasteiger partial charge in [-0.1, -0.05) is 49.2 Å². The van der Waals surface area contributed by atoms with Gasteiger partial charge in [-0.05, 0) is 56.4 Å². The van der Waals surface area contributed by atoms with Gasteiger partial charge in [0.15, 0.2) is 0 Å². The fourth-order valence-electron chi connectivity index (χ4n) is 3.11. The summed E-state index contributed by atoms with van der Waals surface area (Å²) in [7, 11) is 1.99. The normalized spacial score (nSPS) is 25.0. The van der Waals surface area contributed by atoms with Gasteiger partial charge in [0.1, 0.15) is 0 Å². The Kier molecular flexibility index (Phi) is 6.36. The lowest BCUT2D eigenvalue weighted by atomic mass is 9.88. The molecule has 0 aromatic heterocycles. The highest BCUT2D eigenvalue weighted by atomic mass is 35.5. The summed E-state index contributed by atoms with van der Waals surface area (Å²) >= 11 is 12.5. The summed E-state index contributed by atoms with van der Waals surface area (Å²) in [4.78, 5) is 2.58. The van der Waals surface area contributed by atoms with Crippen molar-refractivity contribution in [2.45, 2.75) is 32.7 Å². The lowest BCUT2D eigenvalue weighted by Gasteiger charge is -2.36. The van der Waals surface area contributed by atoms with Gasteiger partial charge in [0.2, 0.25) is 0 Å². The Bertz CT molecular complexity index is 464. The molecule has 21 heavy (non-hydrogen) atoms. The number of likely N-dealkylation sites (tertiary alicyclic amines) is 1. The van der Waals surface area contributed by atoms with Crippen molar-refractivity contribution in [1.29, 1.82) is 0 Å². The molecule has 0 saturated carbocycles. The van der Waals surface area contributed by atoms with E-state index < -0.39 is 0 Å². The van der Waals surface area contributed by atoms with Crippen molar-refractivity contribution in [3.63, 3.8) is 0 Å².